The Morgan fingerprint density at radius 3 is 2.29 bits per heavy atom. The molecule has 1 aliphatic heterocycles. The highest BCUT2D eigenvalue weighted by Crippen LogP contribution is 2.45. The Morgan fingerprint density at radius 1 is 1.14 bits per heavy atom. The van der Waals surface area contributed by atoms with Crippen molar-refractivity contribution in [2.45, 2.75) is 79.2 Å². The molecule has 2 rings (SSSR count). The molecule has 0 bridgehead atoms. The van der Waals surface area contributed by atoms with Gasteiger partial charge in [0.05, 0.1) is 0 Å². The Labute approximate surface area is 132 Å². The van der Waals surface area contributed by atoms with Gasteiger partial charge in [-0.1, -0.05) is 34.6 Å². The predicted molar refractivity (Wildman–Crippen MR) is 92.3 cm³/mol. The number of rotatable bonds is 4. The third-order valence-electron chi connectivity index (χ3n) is 6.92. The monoisotopic (exact) mass is 294 g/mol. The maximum absolute atomic E-state index is 6.12. The lowest BCUT2D eigenvalue weighted by atomic mass is 9.67. The molecule has 1 saturated carbocycles. The molecule has 1 aliphatic carbocycles. The van der Waals surface area contributed by atoms with Crippen molar-refractivity contribution in [1.29, 1.82) is 0 Å². The van der Waals surface area contributed by atoms with E-state index in [1.54, 1.807) is 0 Å². The molecule has 2 N–H and O–H groups in total. The molecular weight excluding hydrogens is 256 g/mol. The quantitative estimate of drug-likeness (QED) is 0.838. The summed E-state index contributed by atoms with van der Waals surface area (Å²) in [6.45, 7) is 15.5. The van der Waals surface area contributed by atoms with Crippen molar-refractivity contribution in [2.24, 2.45) is 28.4 Å². The second kappa shape index (κ2) is 6.58. The molecule has 0 spiro atoms. The van der Waals surface area contributed by atoms with Crippen molar-refractivity contribution < 1.29 is 0 Å². The molecule has 2 aliphatic rings. The van der Waals surface area contributed by atoms with Gasteiger partial charge in [0.25, 0.3) is 0 Å². The third-order valence-corrected chi connectivity index (χ3v) is 6.92. The molecule has 124 valence electrons. The summed E-state index contributed by atoms with van der Waals surface area (Å²) in [4.78, 5) is 2.82. The largest absolute Gasteiger partial charge is 0.330 e. The highest BCUT2D eigenvalue weighted by molar-refractivity contribution is 4.96. The Morgan fingerprint density at radius 2 is 1.81 bits per heavy atom. The molecule has 0 radical (unpaired) electrons. The van der Waals surface area contributed by atoms with Crippen molar-refractivity contribution in [1.82, 2.24) is 4.90 Å². The predicted octanol–water partition coefficient (Wildman–Crippen LogP) is 4.29. The van der Waals surface area contributed by atoms with E-state index in [-0.39, 0.29) is 0 Å². The van der Waals surface area contributed by atoms with Crippen LogP contribution in [0.1, 0.15) is 73.1 Å². The third kappa shape index (κ3) is 3.64. The van der Waals surface area contributed by atoms with E-state index < -0.39 is 0 Å². The highest BCUT2D eigenvalue weighted by atomic mass is 15.2. The van der Waals surface area contributed by atoms with Gasteiger partial charge in [-0.3, -0.25) is 4.90 Å². The summed E-state index contributed by atoms with van der Waals surface area (Å²) < 4.78 is 0. The summed E-state index contributed by atoms with van der Waals surface area (Å²) >= 11 is 0. The van der Waals surface area contributed by atoms with Gasteiger partial charge in [-0.05, 0) is 74.3 Å². The van der Waals surface area contributed by atoms with Crippen LogP contribution in [-0.2, 0) is 0 Å². The molecule has 0 aromatic rings. The lowest BCUT2D eigenvalue weighted by Gasteiger charge is -2.45. The smallest absolute Gasteiger partial charge is 0.0139 e. The molecule has 2 nitrogen and oxygen atoms in total. The van der Waals surface area contributed by atoms with Crippen LogP contribution in [-0.4, -0.2) is 30.6 Å². The minimum absolute atomic E-state index is 0.449. The van der Waals surface area contributed by atoms with E-state index >= 15 is 0 Å². The average Bonchev–Trinajstić information content (AvgIpc) is 2.90. The first-order chi connectivity index (χ1) is 9.85. The number of nitrogens with zero attached hydrogens (tertiary/aromatic N) is 1. The maximum atomic E-state index is 6.12. The van der Waals surface area contributed by atoms with Crippen molar-refractivity contribution in [3.05, 3.63) is 0 Å². The van der Waals surface area contributed by atoms with Gasteiger partial charge in [-0.25, -0.2) is 0 Å². The fraction of sp³-hybridized carbons (Fsp3) is 1.00. The van der Waals surface area contributed by atoms with Crippen molar-refractivity contribution in [2.75, 3.05) is 19.6 Å². The van der Waals surface area contributed by atoms with E-state index in [2.05, 4.69) is 39.5 Å². The van der Waals surface area contributed by atoms with Crippen LogP contribution in [0.2, 0.25) is 0 Å². The van der Waals surface area contributed by atoms with Crippen LogP contribution in [0.4, 0.5) is 0 Å². The zero-order chi connectivity index (χ0) is 15.7. The van der Waals surface area contributed by atoms with E-state index in [0.29, 0.717) is 10.8 Å². The molecule has 0 aromatic carbocycles. The van der Waals surface area contributed by atoms with E-state index in [9.17, 15) is 0 Å². The van der Waals surface area contributed by atoms with Crippen LogP contribution in [0.3, 0.4) is 0 Å². The molecule has 21 heavy (non-hydrogen) atoms. The molecule has 1 saturated heterocycles. The number of hydrogen-bond donors (Lipinski definition) is 1. The first-order valence-corrected chi connectivity index (χ1v) is 9.29. The van der Waals surface area contributed by atoms with E-state index in [4.69, 9.17) is 5.73 Å². The lowest BCUT2D eigenvalue weighted by Crippen LogP contribution is -2.48. The van der Waals surface area contributed by atoms with Crippen LogP contribution in [0.15, 0.2) is 0 Å². The number of nitrogens with two attached hydrogens (primary N) is 1. The molecular formula is C19H38N2. The highest BCUT2D eigenvalue weighted by Gasteiger charge is 2.43. The second-order valence-corrected chi connectivity index (χ2v) is 8.87. The Kier molecular flexibility index (Phi) is 5.41. The van der Waals surface area contributed by atoms with Gasteiger partial charge in [0.1, 0.15) is 0 Å². The van der Waals surface area contributed by atoms with Crippen molar-refractivity contribution in [3.63, 3.8) is 0 Å². The molecule has 2 heteroatoms. The zero-order valence-corrected chi connectivity index (χ0v) is 15.1. The minimum atomic E-state index is 0.449. The minimum Gasteiger partial charge on any atom is -0.330 e. The van der Waals surface area contributed by atoms with Gasteiger partial charge in [-0.2, -0.15) is 0 Å². The molecule has 0 aromatic heterocycles. The fourth-order valence-electron chi connectivity index (χ4n) is 4.80. The van der Waals surface area contributed by atoms with Crippen LogP contribution in [0.25, 0.3) is 0 Å². The molecule has 3 unspecified atom stereocenters. The summed E-state index contributed by atoms with van der Waals surface area (Å²) in [5.74, 6) is 1.59. The summed E-state index contributed by atoms with van der Waals surface area (Å²) in [6.07, 6.45) is 8.15. The van der Waals surface area contributed by atoms with Gasteiger partial charge in [-0.15, -0.1) is 0 Å². The van der Waals surface area contributed by atoms with Crippen LogP contribution < -0.4 is 5.73 Å². The van der Waals surface area contributed by atoms with Gasteiger partial charge < -0.3 is 5.73 Å². The number of hydrogen-bond acceptors (Lipinski definition) is 2. The molecule has 2 fully saturated rings. The van der Waals surface area contributed by atoms with Crippen LogP contribution >= 0.6 is 0 Å². The van der Waals surface area contributed by atoms with E-state index in [0.717, 1.165) is 24.4 Å². The van der Waals surface area contributed by atoms with E-state index in [1.165, 1.54) is 51.6 Å². The molecule has 1 heterocycles. The fourth-order valence-corrected chi connectivity index (χ4v) is 4.80. The van der Waals surface area contributed by atoms with Gasteiger partial charge in [0.2, 0.25) is 0 Å². The maximum Gasteiger partial charge on any atom is 0.0139 e. The topological polar surface area (TPSA) is 29.3 Å². The Balaban J connectivity index is 2.08. The first-order valence-electron chi connectivity index (χ1n) is 9.29. The number of likely N-dealkylation sites (tertiary alicyclic amines) is 1. The van der Waals surface area contributed by atoms with Crippen molar-refractivity contribution >= 4 is 0 Å². The van der Waals surface area contributed by atoms with Crippen LogP contribution in [0, 0.1) is 22.7 Å². The van der Waals surface area contributed by atoms with Gasteiger partial charge in [0, 0.05) is 12.6 Å². The van der Waals surface area contributed by atoms with Gasteiger partial charge in [0.15, 0.2) is 0 Å². The summed E-state index contributed by atoms with van der Waals surface area (Å²) in [6, 6.07) is 0.743. The van der Waals surface area contributed by atoms with E-state index in [1.807, 2.05) is 0 Å². The molecule has 3 atom stereocenters. The second-order valence-electron chi connectivity index (χ2n) is 8.87. The summed E-state index contributed by atoms with van der Waals surface area (Å²) in [5.41, 5.74) is 7.16. The van der Waals surface area contributed by atoms with Crippen molar-refractivity contribution in [3.8, 4) is 0 Å². The summed E-state index contributed by atoms with van der Waals surface area (Å²) in [5, 5.41) is 0. The Hall–Kier alpha value is -0.0800. The summed E-state index contributed by atoms with van der Waals surface area (Å²) in [7, 11) is 0. The zero-order valence-electron chi connectivity index (χ0n) is 15.1. The molecule has 0 amide bonds. The van der Waals surface area contributed by atoms with Crippen LogP contribution in [0.5, 0.6) is 0 Å². The SMILES string of the molecule is CCC1(CC)CCN(C2CC(C(C)(C)C)CCC2CN)C1. The lowest BCUT2D eigenvalue weighted by molar-refractivity contribution is 0.0506. The Bertz CT molecular complexity index is 327. The normalized spacial score (nSPS) is 34.3. The van der Waals surface area contributed by atoms with Gasteiger partial charge >= 0.3 is 0 Å². The first kappa shape index (κ1) is 17.3. The average molecular weight is 295 g/mol. The standard InChI is InChI=1S/C19H38N2/c1-6-19(7-2)10-11-21(14-19)17-12-16(18(3,4)5)9-8-15(17)13-20/h15-17H,6-14,20H2,1-5H3.